The van der Waals surface area contributed by atoms with Crippen molar-refractivity contribution < 1.29 is 4.79 Å². The monoisotopic (exact) mass is 233 g/mol. The Bertz CT molecular complexity index is 398. The van der Waals surface area contributed by atoms with Crippen LogP contribution in [0.5, 0.6) is 0 Å². The van der Waals surface area contributed by atoms with E-state index in [1.807, 2.05) is 32.0 Å². The van der Waals surface area contributed by atoms with Crippen molar-refractivity contribution in [2.45, 2.75) is 53.1 Å². The summed E-state index contributed by atoms with van der Waals surface area (Å²) >= 11 is 0. The number of Topliss-reactive ketones (excluding diaryl/α,β-unsaturated/α-hetero) is 1. The van der Waals surface area contributed by atoms with Gasteiger partial charge in [-0.05, 0) is 51.3 Å². The average Bonchev–Trinajstić information content (AvgIpc) is 2.31. The number of rotatable bonds is 5. The van der Waals surface area contributed by atoms with Crippen molar-refractivity contribution in [3.05, 3.63) is 34.9 Å². The van der Waals surface area contributed by atoms with Crippen LogP contribution in [0.4, 0.5) is 0 Å². The number of carbonyl (C=O) groups excluding carboxylic acids is 1. The van der Waals surface area contributed by atoms with Crippen LogP contribution in [-0.2, 0) is 0 Å². The van der Waals surface area contributed by atoms with Crippen LogP contribution in [0.25, 0.3) is 0 Å². The van der Waals surface area contributed by atoms with Crippen LogP contribution in [-0.4, -0.2) is 17.9 Å². The molecule has 0 aliphatic heterocycles. The molecule has 1 aromatic rings. The van der Waals surface area contributed by atoms with E-state index in [0.29, 0.717) is 6.04 Å². The minimum Gasteiger partial charge on any atom is -0.305 e. The Labute approximate surface area is 104 Å². The second kappa shape index (κ2) is 5.97. The SMILES string of the molecule is CCC(C)NC(C)C(=O)c1ccc(C)c(C)c1. The Morgan fingerprint density at radius 1 is 1.24 bits per heavy atom. The van der Waals surface area contributed by atoms with Gasteiger partial charge in [0.2, 0.25) is 0 Å². The molecule has 0 saturated heterocycles. The van der Waals surface area contributed by atoms with Gasteiger partial charge in [-0.15, -0.1) is 0 Å². The van der Waals surface area contributed by atoms with Gasteiger partial charge >= 0.3 is 0 Å². The Hall–Kier alpha value is -1.15. The zero-order valence-electron chi connectivity index (χ0n) is 11.5. The summed E-state index contributed by atoms with van der Waals surface area (Å²) < 4.78 is 0. The number of carbonyl (C=O) groups is 1. The first-order valence-corrected chi connectivity index (χ1v) is 6.33. The van der Waals surface area contributed by atoms with E-state index in [0.717, 1.165) is 12.0 Å². The van der Waals surface area contributed by atoms with Crippen molar-refractivity contribution in [1.82, 2.24) is 5.32 Å². The Balaban J connectivity index is 2.78. The van der Waals surface area contributed by atoms with Crippen LogP contribution in [0.1, 0.15) is 48.7 Å². The predicted octanol–water partition coefficient (Wildman–Crippen LogP) is 3.26. The third-order valence-electron chi connectivity index (χ3n) is 3.33. The first kappa shape index (κ1) is 13.9. The van der Waals surface area contributed by atoms with Gasteiger partial charge in [-0.1, -0.05) is 19.1 Å². The van der Waals surface area contributed by atoms with Crippen molar-refractivity contribution in [1.29, 1.82) is 0 Å². The number of nitrogens with one attached hydrogen (secondary N) is 1. The molecule has 0 heterocycles. The molecule has 0 aromatic heterocycles. The molecule has 0 spiro atoms. The Morgan fingerprint density at radius 3 is 2.41 bits per heavy atom. The Kier molecular flexibility index (Phi) is 4.88. The fraction of sp³-hybridized carbons (Fsp3) is 0.533. The topological polar surface area (TPSA) is 29.1 Å². The number of benzene rings is 1. The molecule has 0 radical (unpaired) electrons. The summed E-state index contributed by atoms with van der Waals surface area (Å²) in [5.74, 6) is 0.174. The molecular weight excluding hydrogens is 210 g/mol. The maximum Gasteiger partial charge on any atom is 0.179 e. The quantitative estimate of drug-likeness (QED) is 0.791. The maximum atomic E-state index is 12.2. The van der Waals surface area contributed by atoms with E-state index >= 15 is 0 Å². The predicted molar refractivity (Wildman–Crippen MR) is 72.6 cm³/mol. The van der Waals surface area contributed by atoms with E-state index in [1.54, 1.807) is 0 Å². The molecule has 2 heteroatoms. The lowest BCUT2D eigenvalue weighted by atomic mass is 10.00. The third kappa shape index (κ3) is 3.67. The summed E-state index contributed by atoms with van der Waals surface area (Å²) in [6.07, 6.45) is 1.03. The summed E-state index contributed by atoms with van der Waals surface area (Å²) in [6, 6.07) is 6.16. The van der Waals surface area contributed by atoms with Crippen molar-refractivity contribution >= 4 is 5.78 Å². The molecule has 1 aromatic carbocycles. The molecule has 0 bridgehead atoms. The van der Waals surface area contributed by atoms with Gasteiger partial charge in [0.1, 0.15) is 0 Å². The molecule has 0 aliphatic rings. The normalized spacial score (nSPS) is 14.4. The first-order chi connectivity index (χ1) is 7.95. The molecular formula is C15H23NO. The van der Waals surface area contributed by atoms with Gasteiger partial charge in [0.25, 0.3) is 0 Å². The van der Waals surface area contributed by atoms with Gasteiger partial charge < -0.3 is 5.32 Å². The lowest BCUT2D eigenvalue weighted by Crippen LogP contribution is -2.39. The summed E-state index contributed by atoms with van der Waals surface area (Å²) in [7, 11) is 0. The van der Waals surface area contributed by atoms with Crippen molar-refractivity contribution in [3.8, 4) is 0 Å². The number of ketones is 1. The highest BCUT2D eigenvalue weighted by molar-refractivity contribution is 6.00. The standard InChI is InChI=1S/C15H23NO/c1-6-12(4)16-13(5)15(17)14-8-7-10(2)11(3)9-14/h7-9,12-13,16H,6H2,1-5H3. The zero-order valence-corrected chi connectivity index (χ0v) is 11.5. The molecule has 1 rings (SSSR count). The third-order valence-corrected chi connectivity index (χ3v) is 3.33. The summed E-state index contributed by atoms with van der Waals surface area (Å²) in [5.41, 5.74) is 3.20. The molecule has 0 aliphatic carbocycles. The van der Waals surface area contributed by atoms with E-state index in [1.165, 1.54) is 11.1 Å². The second-order valence-electron chi connectivity index (χ2n) is 4.86. The van der Waals surface area contributed by atoms with Crippen LogP contribution in [0.2, 0.25) is 0 Å². The van der Waals surface area contributed by atoms with Crippen LogP contribution >= 0.6 is 0 Å². The van der Waals surface area contributed by atoms with E-state index in [4.69, 9.17) is 0 Å². The fourth-order valence-electron chi connectivity index (χ4n) is 1.77. The fourth-order valence-corrected chi connectivity index (χ4v) is 1.77. The minimum absolute atomic E-state index is 0.118. The van der Waals surface area contributed by atoms with Crippen LogP contribution in [0, 0.1) is 13.8 Å². The highest BCUT2D eigenvalue weighted by Crippen LogP contribution is 2.12. The summed E-state index contributed by atoms with van der Waals surface area (Å²) in [6.45, 7) is 10.3. The van der Waals surface area contributed by atoms with E-state index in [9.17, 15) is 4.79 Å². The van der Waals surface area contributed by atoms with Crippen molar-refractivity contribution in [2.24, 2.45) is 0 Å². The van der Waals surface area contributed by atoms with Gasteiger partial charge in [-0.3, -0.25) is 4.79 Å². The molecule has 2 unspecified atom stereocenters. The smallest absolute Gasteiger partial charge is 0.179 e. The van der Waals surface area contributed by atoms with Crippen LogP contribution in [0.3, 0.4) is 0 Å². The highest BCUT2D eigenvalue weighted by Gasteiger charge is 2.16. The Morgan fingerprint density at radius 2 is 1.88 bits per heavy atom. The number of hydrogen-bond donors (Lipinski definition) is 1. The van der Waals surface area contributed by atoms with E-state index < -0.39 is 0 Å². The van der Waals surface area contributed by atoms with Crippen molar-refractivity contribution in [3.63, 3.8) is 0 Å². The molecule has 2 atom stereocenters. The molecule has 2 nitrogen and oxygen atoms in total. The van der Waals surface area contributed by atoms with Crippen LogP contribution in [0.15, 0.2) is 18.2 Å². The van der Waals surface area contributed by atoms with Gasteiger partial charge in [-0.25, -0.2) is 0 Å². The van der Waals surface area contributed by atoms with Gasteiger partial charge in [0.05, 0.1) is 6.04 Å². The molecule has 1 N–H and O–H groups in total. The first-order valence-electron chi connectivity index (χ1n) is 6.33. The van der Waals surface area contributed by atoms with E-state index in [-0.39, 0.29) is 11.8 Å². The largest absolute Gasteiger partial charge is 0.305 e. The van der Waals surface area contributed by atoms with E-state index in [2.05, 4.69) is 26.1 Å². The summed E-state index contributed by atoms with van der Waals surface area (Å²) in [5, 5.41) is 3.31. The van der Waals surface area contributed by atoms with Gasteiger partial charge in [0.15, 0.2) is 5.78 Å². The van der Waals surface area contributed by atoms with Gasteiger partial charge in [0, 0.05) is 11.6 Å². The lowest BCUT2D eigenvalue weighted by Gasteiger charge is -2.18. The molecule has 0 amide bonds. The maximum absolute atomic E-state index is 12.2. The minimum atomic E-state index is -0.118. The molecule has 17 heavy (non-hydrogen) atoms. The molecule has 0 fully saturated rings. The second-order valence-corrected chi connectivity index (χ2v) is 4.86. The zero-order chi connectivity index (χ0) is 13.0. The highest BCUT2D eigenvalue weighted by atomic mass is 16.1. The van der Waals surface area contributed by atoms with Crippen molar-refractivity contribution in [2.75, 3.05) is 0 Å². The van der Waals surface area contributed by atoms with Gasteiger partial charge in [-0.2, -0.15) is 0 Å². The molecule has 94 valence electrons. The number of hydrogen-bond acceptors (Lipinski definition) is 2. The average molecular weight is 233 g/mol. The lowest BCUT2D eigenvalue weighted by molar-refractivity contribution is 0.0945. The summed E-state index contributed by atoms with van der Waals surface area (Å²) in [4.78, 5) is 12.2. The van der Waals surface area contributed by atoms with Crippen LogP contribution < -0.4 is 5.32 Å². The number of aryl methyl sites for hydroxylation is 2. The molecule has 0 saturated carbocycles.